The molecular formula is C31H31Cl2FN2O7. The van der Waals surface area contributed by atoms with Gasteiger partial charge in [0.15, 0.2) is 6.73 Å². The molecule has 2 aliphatic rings. The van der Waals surface area contributed by atoms with Gasteiger partial charge in [-0.05, 0) is 44.0 Å². The molecule has 1 amide bonds. The number of aliphatic hydroxyl groups is 1. The SMILES string of the molecule is COCCOc1cc(Cl)c(C(=O)N2COc3c(cccc3-c3cc(N4C(C)CCC4CO)c(C(=O)O)cc3F)C2)c(Cl)c1. The number of hydrogen-bond donors (Lipinski definition) is 2. The average Bonchev–Trinajstić information content (AvgIpc) is 3.36. The second-order valence-electron chi connectivity index (χ2n) is 10.5. The largest absolute Gasteiger partial charge is 0.491 e. The zero-order chi connectivity index (χ0) is 30.8. The third-order valence-electron chi connectivity index (χ3n) is 7.78. The smallest absolute Gasteiger partial charge is 0.337 e. The Morgan fingerprint density at radius 3 is 2.51 bits per heavy atom. The Morgan fingerprint density at radius 2 is 1.84 bits per heavy atom. The summed E-state index contributed by atoms with van der Waals surface area (Å²) >= 11 is 12.9. The molecule has 3 aromatic rings. The third-order valence-corrected chi connectivity index (χ3v) is 8.37. The Morgan fingerprint density at radius 1 is 1.09 bits per heavy atom. The Bertz CT molecular complexity index is 1530. The lowest BCUT2D eigenvalue weighted by molar-refractivity contribution is 0.0516. The molecule has 0 aliphatic carbocycles. The van der Waals surface area contributed by atoms with Crippen LogP contribution in [0.2, 0.25) is 10.0 Å². The summed E-state index contributed by atoms with van der Waals surface area (Å²) in [7, 11) is 1.55. The Hall–Kier alpha value is -3.57. The van der Waals surface area contributed by atoms with Crippen molar-refractivity contribution >= 4 is 40.8 Å². The summed E-state index contributed by atoms with van der Waals surface area (Å²) in [4.78, 5) is 28.9. The second kappa shape index (κ2) is 13.0. The molecule has 3 aromatic carbocycles. The summed E-state index contributed by atoms with van der Waals surface area (Å²) in [6, 6.07) is 10.4. The molecule has 9 nitrogen and oxygen atoms in total. The van der Waals surface area contributed by atoms with E-state index < -0.39 is 17.7 Å². The number of ether oxygens (including phenoxy) is 3. The summed E-state index contributed by atoms with van der Waals surface area (Å²) in [5.74, 6) is -1.66. The van der Waals surface area contributed by atoms with Gasteiger partial charge in [0.25, 0.3) is 5.91 Å². The molecule has 0 saturated carbocycles. The van der Waals surface area contributed by atoms with Gasteiger partial charge in [0.2, 0.25) is 0 Å². The van der Waals surface area contributed by atoms with Crippen LogP contribution < -0.4 is 14.4 Å². The van der Waals surface area contributed by atoms with Crippen LogP contribution in [-0.4, -0.2) is 72.7 Å². The molecule has 0 aromatic heterocycles. The molecule has 5 rings (SSSR count). The first-order valence-electron chi connectivity index (χ1n) is 13.8. The standard InChI is InChI=1S/C31H31Cl2FN2O7/c1-17-6-7-19(15-37)36(17)27-13-22(26(34)12-23(27)31(39)40)21-5-3-4-18-14-35(16-43-29(18)21)30(38)28-24(32)10-20(11-25(28)33)42-9-8-41-2/h3-5,10-13,17,19,37H,6-9,14-16H2,1-2H3,(H,39,40). The van der Waals surface area contributed by atoms with E-state index in [4.69, 9.17) is 37.4 Å². The van der Waals surface area contributed by atoms with Crippen molar-refractivity contribution in [3.8, 4) is 22.6 Å². The predicted molar refractivity (Wildman–Crippen MR) is 160 cm³/mol. The fraction of sp³-hybridized carbons (Fsp3) is 0.355. The molecular weight excluding hydrogens is 602 g/mol. The van der Waals surface area contributed by atoms with E-state index in [9.17, 15) is 19.8 Å². The van der Waals surface area contributed by atoms with Gasteiger partial charge in [-0.1, -0.05) is 41.4 Å². The van der Waals surface area contributed by atoms with Gasteiger partial charge in [-0.3, -0.25) is 4.79 Å². The van der Waals surface area contributed by atoms with E-state index in [1.54, 1.807) is 25.3 Å². The molecule has 0 bridgehead atoms. The molecule has 2 N–H and O–H groups in total. The molecule has 228 valence electrons. The van der Waals surface area contributed by atoms with Crippen molar-refractivity contribution in [2.24, 2.45) is 0 Å². The van der Waals surface area contributed by atoms with Crippen molar-refractivity contribution in [3.63, 3.8) is 0 Å². The van der Waals surface area contributed by atoms with Crippen LogP contribution in [0.1, 0.15) is 46.0 Å². The topological polar surface area (TPSA) is 109 Å². The van der Waals surface area contributed by atoms with E-state index in [1.807, 2.05) is 11.8 Å². The highest BCUT2D eigenvalue weighted by atomic mass is 35.5. The number of carboxylic acid groups (broad SMARTS) is 1. The van der Waals surface area contributed by atoms with Gasteiger partial charge in [-0.25, -0.2) is 9.18 Å². The first-order valence-corrected chi connectivity index (χ1v) is 14.5. The Kier molecular flexibility index (Phi) is 9.31. The van der Waals surface area contributed by atoms with Crippen LogP contribution in [0, 0.1) is 5.82 Å². The van der Waals surface area contributed by atoms with Gasteiger partial charge in [-0.15, -0.1) is 0 Å². The minimum absolute atomic E-state index is 0.0429. The van der Waals surface area contributed by atoms with E-state index >= 15 is 4.39 Å². The number of carbonyl (C=O) groups excluding carboxylic acids is 1. The number of rotatable bonds is 9. The number of methoxy groups -OCH3 is 1. The van der Waals surface area contributed by atoms with Crippen LogP contribution in [0.3, 0.4) is 0 Å². The van der Waals surface area contributed by atoms with Crippen molar-refractivity contribution in [1.82, 2.24) is 4.90 Å². The molecule has 0 spiro atoms. The number of halogens is 3. The summed E-state index contributed by atoms with van der Waals surface area (Å²) < 4.78 is 32.1. The molecule has 1 saturated heterocycles. The molecule has 43 heavy (non-hydrogen) atoms. The summed E-state index contributed by atoms with van der Waals surface area (Å²) in [6.07, 6.45) is 1.46. The maximum absolute atomic E-state index is 15.6. The zero-order valence-electron chi connectivity index (χ0n) is 23.6. The van der Waals surface area contributed by atoms with Crippen molar-refractivity contribution in [2.75, 3.05) is 38.6 Å². The molecule has 2 aliphatic heterocycles. The van der Waals surface area contributed by atoms with Crippen LogP contribution in [0.5, 0.6) is 11.5 Å². The minimum Gasteiger partial charge on any atom is -0.491 e. The van der Waals surface area contributed by atoms with E-state index in [2.05, 4.69) is 0 Å². The molecule has 2 unspecified atom stereocenters. The van der Waals surface area contributed by atoms with Gasteiger partial charge in [0.05, 0.1) is 52.7 Å². The quantitative estimate of drug-likeness (QED) is 0.282. The summed E-state index contributed by atoms with van der Waals surface area (Å²) in [5.41, 5.74) is 1.44. The van der Waals surface area contributed by atoms with Crippen molar-refractivity contribution in [1.29, 1.82) is 0 Å². The van der Waals surface area contributed by atoms with Crippen molar-refractivity contribution in [3.05, 3.63) is 75.0 Å². The van der Waals surface area contributed by atoms with Crippen molar-refractivity contribution in [2.45, 2.75) is 38.4 Å². The molecule has 0 radical (unpaired) electrons. The lowest BCUT2D eigenvalue weighted by atomic mass is 9.96. The third kappa shape index (κ3) is 6.10. The highest BCUT2D eigenvalue weighted by Crippen LogP contribution is 2.42. The van der Waals surface area contributed by atoms with Gasteiger partial charge in [0.1, 0.15) is 23.9 Å². The number of nitrogens with zero attached hydrogens (tertiary/aromatic N) is 2. The fourth-order valence-electron chi connectivity index (χ4n) is 5.69. The Balaban J connectivity index is 1.46. The number of para-hydroxylation sites is 1. The number of amides is 1. The maximum atomic E-state index is 15.6. The van der Waals surface area contributed by atoms with Gasteiger partial charge in [-0.2, -0.15) is 0 Å². The second-order valence-corrected chi connectivity index (χ2v) is 11.3. The number of aliphatic hydroxyl groups excluding tert-OH is 1. The minimum atomic E-state index is -1.26. The molecule has 2 atom stereocenters. The van der Waals surface area contributed by atoms with Gasteiger partial charge in [0, 0.05) is 29.8 Å². The number of aromatic carboxylic acids is 1. The zero-order valence-corrected chi connectivity index (χ0v) is 25.1. The van der Waals surface area contributed by atoms with Crippen LogP contribution in [0.4, 0.5) is 10.1 Å². The van der Waals surface area contributed by atoms with Crippen LogP contribution in [-0.2, 0) is 11.3 Å². The maximum Gasteiger partial charge on any atom is 0.337 e. The average molecular weight is 634 g/mol. The summed E-state index contributed by atoms with van der Waals surface area (Å²) in [5, 5.41) is 20.1. The predicted octanol–water partition coefficient (Wildman–Crippen LogP) is 5.86. The summed E-state index contributed by atoms with van der Waals surface area (Å²) in [6.45, 7) is 2.44. The Labute approximate surface area is 258 Å². The lowest BCUT2D eigenvalue weighted by Crippen LogP contribution is -2.38. The van der Waals surface area contributed by atoms with Gasteiger partial charge < -0.3 is 34.2 Å². The molecule has 2 heterocycles. The number of benzene rings is 3. The van der Waals surface area contributed by atoms with E-state index in [1.165, 1.54) is 23.1 Å². The highest BCUT2D eigenvalue weighted by molar-refractivity contribution is 6.39. The molecule has 12 heteroatoms. The van der Waals surface area contributed by atoms with Crippen LogP contribution in [0.15, 0.2) is 42.5 Å². The van der Waals surface area contributed by atoms with Crippen molar-refractivity contribution < 1.29 is 38.4 Å². The lowest BCUT2D eigenvalue weighted by Gasteiger charge is -2.32. The van der Waals surface area contributed by atoms with Crippen LogP contribution in [0.25, 0.3) is 11.1 Å². The van der Waals surface area contributed by atoms with E-state index in [0.29, 0.717) is 41.3 Å². The highest BCUT2D eigenvalue weighted by Gasteiger charge is 2.34. The molecule has 1 fully saturated rings. The van der Waals surface area contributed by atoms with E-state index in [0.717, 1.165) is 12.5 Å². The number of fused-ring (bicyclic) bond motifs is 1. The monoisotopic (exact) mass is 632 g/mol. The van der Waals surface area contributed by atoms with Crippen LogP contribution >= 0.6 is 23.2 Å². The van der Waals surface area contributed by atoms with E-state index in [-0.39, 0.29) is 65.3 Å². The number of hydrogen-bond acceptors (Lipinski definition) is 7. The normalized spacial score (nSPS) is 17.9. The first-order chi connectivity index (χ1) is 20.6. The first kappa shape index (κ1) is 30.9. The number of carbonyl (C=O) groups is 2. The number of anilines is 1. The van der Waals surface area contributed by atoms with Gasteiger partial charge >= 0.3 is 5.97 Å². The number of carboxylic acids is 1. The fourth-order valence-corrected chi connectivity index (χ4v) is 6.32.